The Hall–Kier alpha value is -1.32. The normalized spacial score (nSPS) is 17.5. The summed E-state index contributed by atoms with van der Waals surface area (Å²) in [5, 5.41) is 11.2. The van der Waals surface area contributed by atoms with E-state index in [1.165, 1.54) is 6.08 Å². The fourth-order valence-electron chi connectivity index (χ4n) is 1.17. The summed E-state index contributed by atoms with van der Waals surface area (Å²) in [6.07, 6.45) is 3.42. The van der Waals surface area contributed by atoms with E-state index in [9.17, 15) is 9.59 Å². The third-order valence-corrected chi connectivity index (χ3v) is 2.01. The Morgan fingerprint density at radius 3 is 2.62 bits per heavy atom. The molecule has 0 spiro atoms. The largest absolute Gasteiger partial charge is 0.480 e. The molecule has 0 aliphatic heterocycles. The second kappa shape index (κ2) is 4.07. The molecule has 4 nitrogen and oxygen atoms in total. The third-order valence-electron chi connectivity index (χ3n) is 2.01. The second-order valence-corrected chi connectivity index (χ2v) is 3.21. The average Bonchev–Trinajstić information content (AvgIpc) is 2.82. The molecule has 1 rings (SSSR count). The summed E-state index contributed by atoms with van der Waals surface area (Å²) < 4.78 is 0. The van der Waals surface area contributed by atoms with E-state index in [4.69, 9.17) is 5.11 Å². The van der Waals surface area contributed by atoms with Crippen molar-refractivity contribution in [2.45, 2.75) is 25.3 Å². The molecule has 0 aromatic rings. The molecule has 13 heavy (non-hydrogen) atoms. The number of rotatable bonds is 5. The predicted octanol–water partition coefficient (Wildman–Crippen LogP) is 0.542. The van der Waals surface area contributed by atoms with Crippen LogP contribution in [0.25, 0.3) is 0 Å². The van der Waals surface area contributed by atoms with Crippen molar-refractivity contribution in [3.8, 4) is 0 Å². The van der Waals surface area contributed by atoms with Crippen molar-refractivity contribution in [2.75, 3.05) is 0 Å². The van der Waals surface area contributed by atoms with Gasteiger partial charge in [0.1, 0.15) is 6.04 Å². The summed E-state index contributed by atoms with van der Waals surface area (Å²) in [7, 11) is 0. The van der Waals surface area contributed by atoms with E-state index < -0.39 is 12.0 Å². The standard InChI is InChI=1S/C9H13NO3/c1-2-3-7(11)10-8(9(12)13)6-4-5-6/h2,6,8H,1,3-5H2,(H,10,11)(H,12,13). The van der Waals surface area contributed by atoms with Crippen LogP contribution in [0.4, 0.5) is 0 Å². The predicted molar refractivity (Wildman–Crippen MR) is 47.1 cm³/mol. The number of aliphatic carboxylic acids is 1. The first-order valence-corrected chi connectivity index (χ1v) is 4.28. The van der Waals surface area contributed by atoms with E-state index in [2.05, 4.69) is 11.9 Å². The molecule has 0 heterocycles. The lowest BCUT2D eigenvalue weighted by molar-refractivity contribution is -0.142. The van der Waals surface area contributed by atoms with Gasteiger partial charge < -0.3 is 10.4 Å². The molecule has 1 unspecified atom stereocenters. The molecule has 1 aliphatic rings. The number of carbonyl (C=O) groups is 2. The van der Waals surface area contributed by atoms with Crippen molar-refractivity contribution >= 4 is 11.9 Å². The van der Waals surface area contributed by atoms with Crippen LogP contribution in [0, 0.1) is 5.92 Å². The molecule has 1 fully saturated rings. The van der Waals surface area contributed by atoms with E-state index in [1.54, 1.807) is 0 Å². The second-order valence-electron chi connectivity index (χ2n) is 3.21. The smallest absolute Gasteiger partial charge is 0.326 e. The molecule has 0 bridgehead atoms. The minimum atomic E-state index is -0.945. The van der Waals surface area contributed by atoms with Gasteiger partial charge in [0, 0.05) is 6.42 Å². The maximum atomic E-state index is 11.0. The molecule has 1 saturated carbocycles. The summed E-state index contributed by atoms with van der Waals surface area (Å²) in [5.74, 6) is -1.08. The maximum absolute atomic E-state index is 11.0. The van der Waals surface area contributed by atoms with E-state index in [0.717, 1.165) is 12.8 Å². The highest BCUT2D eigenvalue weighted by atomic mass is 16.4. The van der Waals surface area contributed by atoms with Crippen molar-refractivity contribution in [1.82, 2.24) is 5.32 Å². The summed E-state index contributed by atoms with van der Waals surface area (Å²) in [5.41, 5.74) is 0. The van der Waals surface area contributed by atoms with Crippen LogP contribution in [0.3, 0.4) is 0 Å². The highest BCUT2D eigenvalue weighted by molar-refractivity contribution is 5.84. The number of amides is 1. The summed E-state index contributed by atoms with van der Waals surface area (Å²) >= 11 is 0. The molecular weight excluding hydrogens is 170 g/mol. The number of carboxylic acids is 1. The lowest BCUT2D eigenvalue weighted by Gasteiger charge is -2.12. The highest BCUT2D eigenvalue weighted by Crippen LogP contribution is 2.32. The molecule has 1 aliphatic carbocycles. The average molecular weight is 183 g/mol. The van der Waals surface area contributed by atoms with Crippen molar-refractivity contribution in [3.63, 3.8) is 0 Å². The molecule has 1 atom stereocenters. The van der Waals surface area contributed by atoms with Gasteiger partial charge in [0.2, 0.25) is 5.91 Å². The Bertz CT molecular complexity index is 233. The van der Waals surface area contributed by atoms with Gasteiger partial charge in [-0.05, 0) is 18.8 Å². The molecule has 0 radical (unpaired) electrons. The third kappa shape index (κ3) is 2.89. The molecule has 0 saturated heterocycles. The van der Waals surface area contributed by atoms with E-state index >= 15 is 0 Å². The summed E-state index contributed by atoms with van der Waals surface area (Å²) in [6.45, 7) is 3.41. The number of hydrogen-bond donors (Lipinski definition) is 2. The topological polar surface area (TPSA) is 66.4 Å². The van der Waals surface area contributed by atoms with Gasteiger partial charge in [0.15, 0.2) is 0 Å². The fourth-order valence-corrected chi connectivity index (χ4v) is 1.17. The number of carbonyl (C=O) groups excluding carboxylic acids is 1. The van der Waals surface area contributed by atoms with E-state index in [0.29, 0.717) is 0 Å². The summed E-state index contributed by atoms with van der Waals surface area (Å²) in [6, 6.07) is -0.701. The van der Waals surface area contributed by atoms with Gasteiger partial charge in [-0.15, -0.1) is 6.58 Å². The first-order valence-electron chi connectivity index (χ1n) is 4.28. The maximum Gasteiger partial charge on any atom is 0.326 e. The zero-order valence-corrected chi connectivity index (χ0v) is 7.32. The van der Waals surface area contributed by atoms with Crippen molar-refractivity contribution in [2.24, 2.45) is 5.92 Å². The van der Waals surface area contributed by atoms with Crippen LogP contribution in [-0.2, 0) is 9.59 Å². The van der Waals surface area contributed by atoms with Crippen LogP contribution in [-0.4, -0.2) is 23.0 Å². The zero-order chi connectivity index (χ0) is 9.84. The Morgan fingerprint density at radius 2 is 2.23 bits per heavy atom. The molecular formula is C9H13NO3. The minimum Gasteiger partial charge on any atom is -0.480 e. The molecule has 2 N–H and O–H groups in total. The van der Waals surface area contributed by atoms with Gasteiger partial charge in [-0.3, -0.25) is 4.79 Å². The van der Waals surface area contributed by atoms with Crippen LogP contribution in [0.1, 0.15) is 19.3 Å². The number of carboxylic acid groups (broad SMARTS) is 1. The minimum absolute atomic E-state index is 0.131. The van der Waals surface area contributed by atoms with Gasteiger partial charge in [0.05, 0.1) is 0 Å². The molecule has 72 valence electrons. The van der Waals surface area contributed by atoms with Crippen molar-refractivity contribution < 1.29 is 14.7 Å². The number of nitrogens with one attached hydrogen (secondary N) is 1. The highest BCUT2D eigenvalue weighted by Gasteiger charge is 2.36. The van der Waals surface area contributed by atoms with Gasteiger partial charge in [-0.1, -0.05) is 6.08 Å². The Morgan fingerprint density at radius 1 is 1.62 bits per heavy atom. The Labute approximate surface area is 76.6 Å². The van der Waals surface area contributed by atoms with Gasteiger partial charge in [-0.25, -0.2) is 4.79 Å². The van der Waals surface area contributed by atoms with Crippen LogP contribution in [0.2, 0.25) is 0 Å². The molecule has 0 aromatic carbocycles. The fraction of sp³-hybridized carbons (Fsp3) is 0.556. The first-order chi connectivity index (χ1) is 6.15. The Kier molecular flexibility index (Phi) is 3.06. The van der Waals surface area contributed by atoms with Gasteiger partial charge in [0.25, 0.3) is 0 Å². The van der Waals surface area contributed by atoms with Crippen LogP contribution in [0.5, 0.6) is 0 Å². The van der Waals surface area contributed by atoms with Crippen LogP contribution in [0.15, 0.2) is 12.7 Å². The molecule has 0 aromatic heterocycles. The van der Waals surface area contributed by atoms with Gasteiger partial charge >= 0.3 is 5.97 Å². The quantitative estimate of drug-likeness (QED) is 0.611. The number of hydrogen-bond acceptors (Lipinski definition) is 2. The van der Waals surface area contributed by atoms with Gasteiger partial charge in [-0.2, -0.15) is 0 Å². The summed E-state index contributed by atoms with van der Waals surface area (Å²) in [4.78, 5) is 21.7. The SMILES string of the molecule is C=CCC(=O)NC(C(=O)O)C1CC1. The van der Waals surface area contributed by atoms with Crippen LogP contribution < -0.4 is 5.32 Å². The zero-order valence-electron chi connectivity index (χ0n) is 7.32. The van der Waals surface area contributed by atoms with E-state index in [-0.39, 0.29) is 18.2 Å². The first kappa shape index (κ1) is 9.77. The Balaban J connectivity index is 2.42. The van der Waals surface area contributed by atoms with Crippen molar-refractivity contribution in [3.05, 3.63) is 12.7 Å². The van der Waals surface area contributed by atoms with Crippen molar-refractivity contribution in [1.29, 1.82) is 0 Å². The molecule has 1 amide bonds. The molecule has 4 heteroatoms. The van der Waals surface area contributed by atoms with E-state index in [1.807, 2.05) is 0 Å². The monoisotopic (exact) mass is 183 g/mol. The lowest BCUT2D eigenvalue weighted by Crippen LogP contribution is -2.42. The lowest BCUT2D eigenvalue weighted by atomic mass is 10.2. The van der Waals surface area contributed by atoms with Crippen LogP contribution >= 0.6 is 0 Å².